The highest BCUT2D eigenvalue weighted by atomic mass is 35.5. The highest BCUT2D eigenvalue weighted by molar-refractivity contribution is 6.31. The van der Waals surface area contributed by atoms with Crippen molar-refractivity contribution in [2.24, 2.45) is 0 Å². The number of rotatable bonds is 8. The van der Waals surface area contributed by atoms with Crippen LogP contribution in [0, 0.1) is 0 Å². The lowest BCUT2D eigenvalue weighted by molar-refractivity contribution is -0.139. The van der Waals surface area contributed by atoms with E-state index in [0.717, 1.165) is 19.5 Å². The van der Waals surface area contributed by atoms with Gasteiger partial charge in [0.1, 0.15) is 0 Å². The number of urea groups is 1. The van der Waals surface area contributed by atoms with Crippen LogP contribution in [0.3, 0.4) is 0 Å². The van der Waals surface area contributed by atoms with E-state index in [1.165, 1.54) is 0 Å². The van der Waals surface area contributed by atoms with Crippen LogP contribution in [0.15, 0.2) is 24.3 Å². The zero-order valence-electron chi connectivity index (χ0n) is 11.9. The first-order valence-corrected chi connectivity index (χ1v) is 7.16. The van der Waals surface area contributed by atoms with Crippen LogP contribution in [0.1, 0.15) is 24.9 Å². The maximum absolute atomic E-state index is 11.7. The Kier molecular flexibility index (Phi) is 7.56. The quantitative estimate of drug-likeness (QED) is 0.551. The van der Waals surface area contributed by atoms with Crippen LogP contribution in [0.25, 0.3) is 0 Å². The van der Waals surface area contributed by atoms with Gasteiger partial charge in [-0.2, -0.15) is 0 Å². The standard InChI is InChI=1S/C14H20ClN3O3/c1-2-16-8-5-9-17-14(21)18-12(13(19)20)10-6-3-4-7-11(10)15/h3-4,6-7,12,16H,2,5,8-9H2,1H3,(H,19,20)(H2,17,18,21)/t12-/m1/s1. The number of hydrogen-bond donors (Lipinski definition) is 4. The summed E-state index contributed by atoms with van der Waals surface area (Å²) in [5, 5.41) is 17.7. The van der Waals surface area contributed by atoms with Crippen LogP contribution in [0.2, 0.25) is 5.02 Å². The fourth-order valence-electron chi connectivity index (χ4n) is 1.76. The molecule has 0 saturated carbocycles. The fourth-order valence-corrected chi connectivity index (χ4v) is 2.00. The normalized spacial score (nSPS) is 11.7. The molecule has 0 aliphatic heterocycles. The van der Waals surface area contributed by atoms with Gasteiger partial charge in [-0.25, -0.2) is 9.59 Å². The van der Waals surface area contributed by atoms with Crippen molar-refractivity contribution in [3.05, 3.63) is 34.9 Å². The molecule has 0 fully saturated rings. The molecule has 6 nitrogen and oxygen atoms in total. The van der Waals surface area contributed by atoms with Gasteiger partial charge in [0.2, 0.25) is 0 Å². The first-order chi connectivity index (χ1) is 10.1. The molecule has 0 spiro atoms. The average molecular weight is 314 g/mol. The van der Waals surface area contributed by atoms with Gasteiger partial charge in [0.25, 0.3) is 0 Å². The smallest absolute Gasteiger partial charge is 0.331 e. The molecule has 1 aromatic rings. The minimum absolute atomic E-state index is 0.303. The number of carboxylic acids is 1. The molecular formula is C14H20ClN3O3. The molecule has 0 aliphatic carbocycles. The third-order valence-corrected chi connectivity index (χ3v) is 3.15. The Hall–Kier alpha value is -1.79. The third-order valence-electron chi connectivity index (χ3n) is 2.80. The highest BCUT2D eigenvalue weighted by Gasteiger charge is 2.23. The zero-order chi connectivity index (χ0) is 15.7. The summed E-state index contributed by atoms with van der Waals surface area (Å²) >= 11 is 5.96. The van der Waals surface area contributed by atoms with Crippen LogP contribution in [0.4, 0.5) is 4.79 Å². The van der Waals surface area contributed by atoms with Gasteiger partial charge in [0, 0.05) is 17.1 Å². The Bertz CT molecular complexity index is 482. The minimum Gasteiger partial charge on any atom is -0.479 e. The summed E-state index contributed by atoms with van der Waals surface area (Å²) in [7, 11) is 0. The van der Waals surface area contributed by atoms with E-state index in [0.29, 0.717) is 17.1 Å². The Morgan fingerprint density at radius 1 is 1.29 bits per heavy atom. The number of nitrogens with one attached hydrogen (secondary N) is 3. The predicted octanol–water partition coefficient (Wildman–Crippen LogP) is 1.76. The maximum Gasteiger partial charge on any atom is 0.331 e. The molecule has 116 valence electrons. The first kappa shape index (κ1) is 17.3. The van der Waals surface area contributed by atoms with Gasteiger partial charge in [0.05, 0.1) is 0 Å². The second-order valence-electron chi connectivity index (χ2n) is 4.40. The van der Waals surface area contributed by atoms with Crippen molar-refractivity contribution in [3.8, 4) is 0 Å². The molecule has 0 heterocycles. The SMILES string of the molecule is CCNCCCNC(=O)N[C@@H](C(=O)O)c1ccccc1Cl. The number of carbonyl (C=O) groups excluding carboxylic acids is 1. The van der Waals surface area contributed by atoms with Crippen molar-refractivity contribution in [1.29, 1.82) is 0 Å². The molecule has 1 aromatic carbocycles. The van der Waals surface area contributed by atoms with E-state index in [9.17, 15) is 14.7 Å². The zero-order valence-corrected chi connectivity index (χ0v) is 12.6. The number of carbonyl (C=O) groups is 2. The molecule has 4 N–H and O–H groups in total. The van der Waals surface area contributed by atoms with Crippen LogP contribution >= 0.6 is 11.6 Å². The van der Waals surface area contributed by atoms with Crippen LogP contribution in [0.5, 0.6) is 0 Å². The summed E-state index contributed by atoms with van der Waals surface area (Å²) < 4.78 is 0. The summed E-state index contributed by atoms with van der Waals surface area (Å²) in [6.45, 7) is 4.14. The predicted molar refractivity (Wildman–Crippen MR) is 81.5 cm³/mol. The molecule has 0 unspecified atom stereocenters. The van der Waals surface area contributed by atoms with Gasteiger partial charge >= 0.3 is 12.0 Å². The molecule has 21 heavy (non-hydrogen) atoms. The topological polar surface area (TPSA) is 90.5 Å². The summed E-state index contributed by atoms with van der Waals surface area (Å²) in [4.78, 5) is 23.0. The van der Waals surface area contributed by atoms with Crippen molar-refractivity contribution in [2.75, 3.05) is 19.6 Å². The Morgan fingerprint density at radius 2 is 2.00 bits per heavy atom. The number of halogens is 1. The highest BCUT2D eigenvalue weighted by Crippen LogP contribution is 2.22. The van der Waals surface area contributed by atoms with Gasteiger partial charge in [0.15, 0.2) is 6.04 Å². The van der Waals surface area contributed by atoms with Gasteiger partial charge < -0.3 is 21.1 Å². The number of aliphatic carboxylic acids is 1. The molecule has 1 atom stereocenters. The van der Waals surface area contributed by atoms with E-state index >= 15 is 0 Å². The van der Waals surface area contributed by atoms with Crippen molar-refractivity contribution < 1.29 is 14.7 Å². The molecule has 7 heteroatoms. The lowest BCUT2D eigenvalue weighted by Crippen LogP contribution is -2.41. The molecule has 0 radical (unpaired) electrons. The summed E-state index contributed by atoms with van der Waals surface area (Å²) in [6.07, 6.45) is 0.769. The fraction of sp³-hybridized carbons (Fsp3) is 0.429. The van der Waals surface area contributed by atoms with Gasteiger partial charge in [-0.3, -0.25) is 0 Å². The number of hydrogen-bond acceptors (Lipinski definition) is 3. The van der Waals surface area contributed by atoms with E-state index in [1.807, 2.05) is 6.92 Å². The Balaban J connectivity index is 2.54. The molecule has 0 bridgehead atoms. The largest absolute Gasteiger partial charge is 0.479 e. The molecule has 0 aliphatic rings. The lowest BCUT2D eigenvalue weighted by Gasteiger charge is -2.16. The van der Waals surface area contributed by atoms with Gasteiger partial charge in [-0.05, 0) is 25.6 Å². The summed E-state index contributed by atoms with van der Waals surface area (Å²) in [5.41, 5.74) is 0.356. The van der Waals surface area contributed by atoms with Crippen LogP contribution in [-0.4, -0.2) is 36.7 Å². The number of benzene rings is 1. The van der Waals surface area contributed by atoms with Crippen LogP contribution < -0.4 is 16.0 Å². The van der Waals surface area contributed by atoms with Gasteiger partial charge in [-0.1, -0.05) is 36.7 Å². The van der Waals surface area contributed by atoms with Crippen molar-refractivity contribution in [1.82, 2.24) is 16.0 Å². The maximum atomic E-state index is 11.7. The molecule has 2 amide bonds. The third kappa shape index (κ3) is 6.01. The van der Waals surface area contributed by atoms with E-state index in [-0.39, 0.29) is 0 Å². The number of amides is 2. The van der Waals surface area contributed by atoms with Crippen LogP contribution in [-0.2, 0) is 4.79 Å². The van der Waals surface area contributed by atoms with E-state index in [1.54, 1.807) is 24.3 Å². The van der Waals surface area contributed by atoms with Gasteiger partial charge in [-0.15, -0.1) is 0 Å². The molecule has 0 saturated heterocycles. The summed E-state index contributed by atoms with van der Waals surface area (Å²) in [5.74, 6) is -1.16. The van der Waals surface area contributed by atoms with E-state index in [2.05, 4.69) is 16.0 Å². The van der Waals surface area contributed by atoms with Crippen molar-refractivity contribution >= 4 is 23.6 Å². The molecule has 1 rings (SSSR count). The number of carboxylic acid groups (broad SMARTS) is 1. The lowest BCUT2D eigenvalue weighted by atomic mass is 10.1. The second-order valence-corrected chi connectivity index (χ2v) is 4.81. The Morgan fingerprint density at radius 3 is 2.62 bits per heavy atom. The molecule has 0 aromatic heterocycles. The van der Waals surface area contributed by atoms with Crippen molar-refractivity contribution in [2.45, 2.75) is 19.4 Å². The average Bonchev–Trinajstić information content (AvgIpc) is 2.45. The molecular weight excluding hydrogens is 294 g/mol. The summed E-state index contributed by atoms with van der Waals surface area (Å²) in [6, 6.07) is 4.83. The minimum atomic E-state index is -1.17. The Labute approximate surface area is 128 Å². The van der Waals surface area contributed by atoms with Crippen molar-refractivity contribution in [3.63, 3.8) is 0 Å². The van der Waals surface area contributed by atoms with E-state index < -0.39 is 18.0 Å². The first-order valence-electron chi connectivity index (χ1n) is 6.78. The monoisotopic (exact) mass is 313 g/mol. The van der Waals surface area contributed by atoms with E-state index in [4.69, 9.17) is 11.6 Å². The second kappa shape index (κ2) is 9.20.